The summed E-state index contributed by atoms with van der Waals surface area (Å²) >= 11 is 0. The van der Waals surface area contributed by atoms with Crippen LogP contribution in [-0.2, 0) is 0 Å². The summed E-state index contributed by atoms with van der Waals surface area (Å²) in [6.45, 7) is 8.37. The van der Waals surface area contributed by atoms with E-state index < -0.39 is 0 Å². The van der Waals surface area contributed by atoms with Gasteiger partial charge in [-0.3, -0.25) is 0 Å². The summed E-state index contributed by atoms with van der Waals surface area (Å²) in [5.41, 5.74) is 10.6. The zero-order chi connectivity index (χ0) is 12.6. The average Bonchev–Trinajstić information content (AvgIpc) is 2.64. The molecule has 0 atom stereocenters. The molecule has 0 aliphatic carbocycles. The van der Waals surface area contributed by atoms with Gasteiger partial charge in [0.05, 0.1) is 6.33 Å². The van der Waals surface area contributed by atoms with Crippen LogP contribution in [0.15, 0.2) is 24.5 Å². The van der Waals surface area contributed by atoms with Gasteiger partial charge in [-0.25, -0.2) is 4.98 Å². The Labute approximate surface area is 102 Å². The molecule has 0 aliphatic rings. The highest BCUT2D eigenvalue weighted by Crippen LogP contribution is 2.29. The second-order valence-corrected chi connectivity index (χ2v) is 4.80. The van der Waals surface area contributed by atoms with E-state index in [0.717, 1.165) is 17.1 Å². The highest BCUT2D eigenvalue weighted by atomic mass is 15.1. The fourth-order valence-electron chi connectivity index (χ4n) is 1.98. The predicted molar refractivity (Wildman–Crippen MR) is 71.9 cm³/mol. The van der Waals surface area contributed by atoms with Crippen molar-refractivity contribution >= 4 is 5.82 Å². The van der Waals surface area contributed by atoms with Crippen LogP contribution in [0.25, 0.3) is 11.3 Å². The molecule has 0 fully saturated rings. The van der Waals surface area contributed by atoms with Crippen LogP contribution in [0.2, 0.25) is 0 Å². The third-order valence-electron chi connectivity index (χ3n) is 3.04. The van der Waals surface area contributed by atoms with Crippen LogP contribution in [0.4, 0.5) is 5.82 Å². The van der Waals surface area contributed by atoms with Crippen LogP contribution in [0.5, 0.6) is 0 Å². The molecule has 0 saturated heterocycles. The lowest BCUT2D eigenvalue weighted by molar-refractivity contribution is 0.607. The van der Waals surface area contributed by atoms with Crippen LogP contribution in [0, 0.1) is 13.8 Å². The molecule has 2 aromatic rings. The minimum Gasteiger partial charge on any atom is -0.383 e. The number of hydrogen-bond acceptors (Lipinski definition) is 2. The van der Waals surface area contributed by atoms with Gasteiger partial charge >= 0.3 is 0 Å². The smallest absolute Gasteiger partial charge is 0.131 e. The number of anilines is 1. The summed E-state index contributed by atoms with van der Waals surface area (Å²) in [6.07, 6.45) is 1.82. The van der Waals surface area contributed by atoms with Crippen LogP contribution >= 0.6 is 0 Å². The first-order valence-electron chi connectivity index (χ1n) is 5.90. The number of benzene rings is 1. The van der Waals surface area contributed by atoms with E-state index in [-0.39, 0.29) is 0 Å². The number of hydrogen-bond donors (Lipinski definition) is 1. The molecule has 0 spiro atoms. The van der Waals surface area contributed by atoms with Gasteiger partial charge in [0.25, 0.3) is 0 Å². The van der Waals surface area contributed by atoms with Crippen molar-refractivity contribution in [3.8, 4) is 11.3 Å². The minimum absolute atomic E-state index is 0.335. The second-order valence-electron chi connectivity index (χ2n) is 4.80. The number of aromatic nitrogens is 2. The van der Waals surface area contributed by atoms with E-state index in [4.69, 9.17) is 5.73 Å². The van der Waals surface area contributed by atoms with Crippen molar-refractivity contribution in [1.29, 1.82) is 0 Å². The molecule has 17 heavy (non-hydrogen) atoms. The van der Waals surface area contributed by atoms with E-state index in [9.17, 15) is 0 Å². The van der Waals surface area contributed by atoms with Crippen LogP contribution in [-0.4, -0.2) is 9.55 Å². The van der Waals surface area contributed by atoms with Crippen molar-refractivity contribution in [3.05, 3.63) is 35.7 Å². The van der Waals surface area contributed by atoms with Crippen molar-refractivity contribution in [1.82, 2.24) is 9.55 Å². The van der Waals surface area contributed by atoms with E-state index >= 15 is 0 Å². The summed E-state index contributed by atoms with van der Waals surface area (Å²) in [5.74, 6) is 0.744. The van der Waals surface area contributed by atoms with Crippen LogP contribution in [0.3, 0.4) is 0 Å². The minimum atomic E-state index is 0.335. The highest BCUT2D eigenvalue weighted by molar-refractivity contribution is 5.73. The molecule has 1 aromatic carbocycles. The summed E-state index contributed by atoms with van der Waals surface area (Å²) in [5, 5.41) is 0. The van der Waals surface area contributed by atoms with Crippen molar-refractivity contribution < 1.29 is 0 Å². The Morgan fingerprint density at radius 2 is 1.94 bits per heavy atom. The Morgan fingerprint density at radius 1 is 1.24 bits per heavy atom. The molecule has 3 nitrogen and oxygen atoms in total. The predicted octanol–water partition coefficient (Wildman–Crippen LogP) is 3.33. The Balaban J connectivity index is 2.57. The van der Waals surface area contributed by atoms with Crippen molar-refractivity contribution in [2.24, 2.45) is 0 Å². The molecule has 0 aliphatic heterocycles. The van der Waals surface area contributed by atoms with E-state index in [1.807, 2.05) is 10.9 Å². The number of nitrogens with zero attached hydrogens (tertiary/aromatic N) is 2. The zero-order valence-electron chi connectivity index (χ0n) is 10.9. The summed E-state index contributed by atoms with van der Waals surface area (Å²) in [7, 11) is 0. The molecule has 2 N–H and O–H groups in total. The van der Waals surface area contributed by atoms with Gasteiger partial charge in [0.2, 0.25) is 0 Å². The maximum atomic E-state index is 6.16. The molecular formula is C14H19N3. The number of nitrogen functional groups attached to an aromatic ring is 1. The van der Waals surface area contributed by atoms with Gasteiger partial charge in [-0.1, -0.05) is 17.7 Å². The fourth-order valence-corrected chi connectivity index (χ4v) is 1.98. The quantitative estimate of drug-likeness (QED) is 0.858. The third-order valence-corrected chi connectivity index (χ3v) is 3.04. The molecule has 1 aromatic heterocycles. The molecule has 1 heterocycles. The number of imidazole rings is 1. The monoisotopic (exact) mass is 229 g/mol. The topological polar surface area (TPSA) is 43.8 Å². The van der Waals surface area contributed by atoms with E-state index in [2.05, 4.69) is 50.9 Å². The number of aryl methyl sites for hydroxylation is 2. The highest BCUT2D eigenvalue weighted by Gasteiger charge is 2.13. The van der Waals surface area contributed by atoms with E-state index in [1.54, 1.807) is 0 Å². The van der Waals surface area contributed by atoms with Gasteiger partial charge in [0.1, 0.15) is 11.5 Å². The lowest BCUT2D eigenvalue weighted by Gasteiger charge is -2.10. The third kappa shape index (κ3) is 2.05. The Hall–Kier alpha value is -1.77. The second kappa shape index (κ2) is 4.24. The van der Waals surface area contributed by atoms with Gasteiger partial charge in [0, 0.05) is 11.6 Å². The summed E-state index contributed by atoms with van der Waals surface area (Å²) in [4.78, 5) is 4.45. The van der Waals surface area contributed by atoms with E-state index in [0.29, 0.717) is 6.04 Å². The zero-order valence-corrected chi connectivity index (χ0v) is 10.9. The van der Waals surface area contributed by atoms with E-state index in [1.165, 1.54) is 11.1 Å². The molecule has 90 valence electrons. The Bertz CT molecular complexity index is 538. The Kier molecular flexibility index (Phi) is 2.92. The molecular weight excluding hydrogens is 210 g/mol. The number of rotatable bonds is 2. The van der Waals surface area contributed by atoms with Gasteiger partial charge in [-0.05, 0) is 39.3 Å². The Morgan fingerprint density at radius 3 is 2.53 bits per heavy atom. The molecule has 3 heteroatoms. The molecule has 2 rings (SSSR count). The van der Waals surface area contributed by atoms with Crippen LogP contribution in [0.1, 0.15) is 31.0 Å². The lowest BCUT2D eigenvalue weighted by Crippen LogP contribution is -2.04. The lowest BCUT2D eigenvalue weighted by atomic mass is 10.0. The average molecular weight is 229 g/mol. The van der Waals surface area contributed by atoms with Gasteiger partial charge in [-0.15, -0.1) is 0 Å². The van der Waals surface area contributed by atoms with Gasteiger partial charge < -0.3 is 10.3 Å². The maximum Gasteiger partial charge on any atom is 0.131 e. The molecule has 0 unspecified atom stereocenters. The number of nitrogens with two attached hydrogens (primary N) is 1. The van der Waals surface area contributed by atoms with Crippen molar-refractivity contribution in [2.75, 3.05) is 5.73 Å². The first-order valence-corrected chi connectivity index (χ1v) is 5.90. The molecule has 0 radical (unpaired) electrons. The normalized spacial score (nSPS) is 11.1. The first-order chi connectivity index (χ1) is 8.00. The molecule has 0 amide bonds. The first kappa shape index (κ1) is 11.7. The SMILES string of the molecule is Cc1ccc(C)c(-c2ncn(C(C)C)c2N)c1. The molecule has 0 bridgehead atoms. The summed E-state index contributed by atoms with van der Waals surface area (Å²) in [6, 6.07) is 6.69. The molecule has 0 saturated carbocycles. The van der Waals surface area contributed by atoms with Crippen LogP contribution < -0.4 is 5.73 Å². The maximum absolute atomic E-state index is 6.16. The van der Waals surface area contributed by atoms with Gasteiger partial charge in [-0.2, -0.15) is 0 Å². The largest absolute Gasteiger partial charge is 0.383 e. The van der Waals surface area contributed by atoms with Crippen molar-refractivity contribution in [3.63, 3.8) is 0 Å². The standard InChI is InChI=1S/C14H19N3/c1-9(2)17-8-16-13(14(17)15)12-7-10(3)5-6-11(12)4/h5-9H,15H2,1-4H3. The fraction of sp³-hybridized carbons (Fsp3) is 0.357. The van der Waals surface area contributed by atoms with Gasteiger partial charge in [0.15, 0.2) is 0 Å². The van der Waals surface area contributed by atoms with Crippen molar-refractivity contribution in [2.45, 2.75) is 33.7 Å². The summed E-state index contributed by atoms with van der Waals surface area (Å²) < 4.78 is 2.00.